The van der Waals surface area contributed by atoms with Crippen molar-refractivity contribution < 1.29 is 0 Å². The molecule has 14 heavy (non-hydrogen) atoms. The van der Waals surface area contributed by atoms with Crippen molar-refractivity contribution in [3.05, 3.63) is 16.1 Å². The molecule has 0 aliphatic heterocycles. The van der Waals surface area contributed by atoms with Gasteiger partial charge >= 0.3 is 0 Å². The number of aromatic nitrogens is 1. The molecule has 1 fully saturated rings. The smallest absolute Gasteiger partial charge is 0.0897 e. The van der Waals surface area contributed by atoms with Crippen LogP contribution in [0, 0.1) is 12.8 Å². The maximum Gasteiger partial charge on any atom is 0.0897 e. The van der Waals surface area contributed by atoms with Crippen LogP contribution in [0.4, 0.5) is 0 Å². The second kappa shape index (κ2) is 4.41. The third-order valence-electron chi connectivity index (χ3n) is 2.85. The van der Waals surface area contributed by atoms with Gasteiger partial charge in [0, 0.05) is 17.8 Å². The minimum absolute atomic E-state index is 0.629. The van der Waals surface area contributed by atoms with Gasteiger partial charge in [-0.25, -0.2) is 4.98 Å². The Hall–Kier alpha value is -0.410. The molecule has 1 unspecified atom stereocenters. The monoisotopic (exact) mass is 210 g/mol. The number of hydrogen-bond donors (Lipinski definition) is 1. The molecular weight excluding hydrogens is 192 g/mol. The average molecular weight is 210 g/mol. The largest absolute Gasteiger partial charge is 0.317 e. The van der Waals surface area contributed by atoms with E-state index in [-0.39, 0.29) is 0 Å². The van der Waals surface area contributed by atoms with Gasteiger partial charge in [0.05, 0.1) is 10.7 Å². The Balaban J connectivity index is 1.86. The summed E-state index contributed by atoms with van der Waals surface area (Å²) >= 11 is 1.75. The first-order valence-electron chi connectivity index (χ1n) is 5.36. The first-order valence-corrected chi connectivity index (χ1v) is 6.24. The maximum atomic E-state index is 4.50. The Labute approximate surface area is 89.8 Å². The molecule has 3 heteroatoms. The van der Waals surface area contributed by atoms with Crippen LogP contribution in [0.25, 0.3) is 0 Å². The topological polar surface area (TPSA) is 24.9 Å². The van der Waals surface area contributed by atoms with E-state index < -0.39 is 0 Å². The van der Waals surface area contributed by atoms with Crippen LogP contribution in [0.1, 0.15) is 30.0 Å². The van der Waals surface area contributed by atoms with E-state index in [9.17, 15) is 0 Å². The Kier molecular flexibility index (Phi) is 3.19. The molecule has 1 heterocycles. The number of nitrogens with zero attached hydrogens (tertiary/aromatic N) is 1. The van der Waals surface area contributed by atoms with Gasteiger partial charge in [-0.3, -0.25) is 0 Å². The second-order valence-electron chi connectivity index (χ2n) is 4.23. The molecule has 1 aromatic rings. The molecule has 0 saturated heterocycles. The van der Waals surface area contributed by atoms with Crippen molar-refractivity contribution >= 4 is 11.3 Å². The summed E-state index contributed by atoms with van der Waals surface area (Å²) in [4.78, 5) is 4.50. The van der Waals surface area contributed by atoms with Crippen molar-refractivity contribution in [2.45, 2.75) is 38.6 Å². The van der Waals surface area contributed by atoms with E-state index in [1.165, 1.54) is 30.0 Å². The number of likely N-dealkylation sites (N-methyl/N-ethyl adjacent to an activating group) is 1. The van der Waals surface area contributed by atoms with E-state index in [1.54, 1.807) is 11.3 Å². The van der Waals surface area contributed by atoms with Crippen LogP contribution < -0.4 is 5.32 Å². The van der Waals surface area contributed by atoms with Gasteiger partial charge in [-0.2, -0.15) is 0 Å². The number of rotatable bonds is 5. The van der Waals surface area contributed by atoms with E-state index in [4.69, 9.17) is 0 Å². The molecule has 1 aliphatic carbocycles. The third-order valence-corrected chi connectivity index (χ3v) is 3.67. The highest BCUT2D eigenvalue weighted by atomic mass is 32.1. The molecule has 78 valence electrons. The first kappa shape index (κ1) is 10.1. The van der Waals surface area contributed by atoms with Gasteiger partial charge < -0.3 is 5.32 Å². The van der Waals surface area contributed by atoms with Crippen molar-refractivity contribution in [1.82, 2.24) is 10.3 Å². The maximum absolute atomic E-state index is 4.50. The van der Waals surface area contributed by atoms with Crippen LogP contribution in [0.3, 0.4) is 0 Å². The van der Waals surface area contributed by atoms with E-state index in [0.717, 1.165) is 12.3 Å². The minimum atomic E-state index is 0.629. The fraction of sp³-hybridized carbons (Fsp3) is 0.727. The van der Waals surface area contributed by atoms with E-state index >= 15 is 0 Å². The van der Waals surface area contributed by atoms with Crippen LogP contribution in [-0.4, -0.2) is 18.1 Å². The van der Waals surface area contributed by atoms with Gasteiger partial charge in [0.25, 0.3) is 0 Å². The summed E-state index contributed by atoms with van der Waals surface area (Å²) in [6, 6.07) is 0.629. The summed E-state index contributed by atoms with van der Waals surface area (Å²) in [5, 5.41) is 6.76. The molecule has 2 nitrogen and oxygen atoms in total. The number of nitrogens with one attached hydrogen (secondary N) is 1. The molecule has 0 bridgehead atoms. The quantitative estimate of drug-likeness (QED) is 0.807. The highest BCUT2D eigenvalue weighted by molar-refractivity contribution is 7.09. The molecule has 1 aliphatic rings. The van der Waals surface area contributed by atoms with Gasteiger partial charge in [-0.15, -0.1) is 11.3 Å². The number of aryl methyl sites for hydroxylation is 1. The summed E-state index contributed by atoms with van der Waals surface area (Å²) in [6.45, 7) is 2.07. The van der Waals surface area contributed by atoms with Gasteiger partial charge in [0.2, 0.25) is 0 Å². The Bertz CT molecular complexity index is 291. The number of thiazole rings is 1. The van der Waals surface area contributed by atoms with Crippen LogP contribution in [0.5, 0.6) is 0 Å². The summed E-state index contributed by atoms with van der Waals surface area (Å²) < 4.78 is 0. The van der Waals surface area contributed by atoms with Crippen molar-refractivity contribution in [3.8, 4) is 0 Å². The highest BCUT2D eigenvalue weighted by Gasteiger charge is 2.25. The average Bonchev–Trinajstić information content (AvgIpc) is 2.89. The van der Waals surface area contributed by atoms with Crippen LogP contribution in [0.2, 0.25) is 0 Å². The molecule has 2 rings (SSSR count). The molecule has 0 aromatic carbocycles. The third kappa shape index (κ3) is 2.79. The summed E-state index contributed by atoms with van der Waals surface area (Å²) in [7, 11) is 2.06. The molecule has 0 spiro atoms. The number of hydrogen-bond acceptors (Lipinski definition) is 3. The SMILES string of the molecule is CNC(Cc1csc(C)n1)CC1CC1. The Morgan fingerprint density at radius 3 is 2.93 bits per heavy atom. The molecule has 1 saturated carbocycles. The Morgan fingerprint density at radius 1 is 1.64 bits per heavy atom. The van der Waals surface area contributed by atoms with Crippen molar-refractivity contribution in [1.29, 1.82) is 0 Å². The zero-order chi connectivity index (χ0) is 9.97. The molecule has 1 atom stereocenters. The first-order chi connectivity index (χ1) is 6.78. The van der Waals surface area contributed by atoms with E-state index in [2.05, 4.69) is 29.7 Å². The van der Waals surface area contributed by atoms with Crippen LogP contribution in [-0.2, 0) is 6.42 Å². The van der Waals surface area contributed by atoms with E-state index in [0.29, 0.717) is 6.04 Å². The standard InChI is InChI=1S/C11H18N2S/c1-8-13-11(7-14-8)6-10(12-2)5-9-3-4-9/h7,9-10,12H,3-6H2,1-2H3. The molecule has 1 N–H and O–H groups in total. The lowest BCUT2D eigenvalue weighted by atomic mass is 10.1. The normalized spacial score (nSPS) is 18.4. The van der Waals surface area contributed by atoms with Crippen molar-refractivity contribution in [3.63, 3.8) is 0 Å². The van der Waals surface area contributed by atoms with Crippen molar-refractivity contribution in [2.24, 2.45) is 5.92 Å². The summed E-state index contributed by atoms with van der Waals surface area (Å²) in [5.41, 5.74) is 1.26. The van der Waals surface area contributed by atoms with Gasteiger partial charge in [-0.05, 0) is 26.3 Å². The van der Waals surface area contributed by atoms with Gasteiger partial charge in [-0.1, -0.05) is 12.8 Å². The lowest BCUT2D eigenvalue weighted by Gasteiger charge is -2.13. The van der Waals surface area contributed by atoms with Crippen LogP contribution >= 0.6 is 11.3 Å². The fourth-order valence-electron chi connectivity index (χ4n) is 1.81. The molecule has 1 aromatic heterocycles. The predicted octanol–water partition coefficient (Wildman–Crippen LogP) is 2.38. The zero-order valence-electron chi connectivity index (χ0n) is 8.92. The van der Waals surface area contributed by atoms with Gasteiger partial charge in [0.15, 0.2) is 0 Å². The summed E-state index contributed by atoms with van der Waals surface area (Å²) in [5.74, 6) is 0.993. The molecule has 0 radical (unpaired) electrons. The highest BCUT2D eigenvalue weighted by Crippen LogP contribution is 2.34. The minimum Gasteiger partial charge on any atom is -0.317 e. The lowest BCUT2D eigenvalue weighted by Crippen LogP contribution is -2.28. The predicted molar refractivity (Wildman–Crippen MR) is 60.7 cm³/mol. The van der Waals surface area contributed by atoms with E-state index in [1.807, 2.05) is 0 Å². The molecular formula is C11H18N2S. The fourth-order valence-corrected chi connectivity index (χ4v) is 2.44. The molecule has 0 amide bonds. The lowest BCUT2D eigenvalue weighted by molar-refractivity contribution is 0.487. The van der Waals surface area contributed by atoms with Crippen molar-refractivity contribution in [2.75, 3.05) is 7.05 Å². The Morgan fingerprint density at radius 2 is 2.43 bits per heavy atom. The van der Waals surface area contributed by atoms with Gasteiger partial charge in [0.1, 0.15) is 0 Å². The van der Waals surface area contributed by atoms with Crippen LogP contribution in [0.15, 0.2) is 5.38 Å². The zero-order valence-corrected chi connectivity index (χ0v) is 9.73. The summed E-state index contributed by atoms with van der Waals surface area (Å²) in [6.07, 6.45) is 5.30. The second-order valence-corrected chi connectivity index (χ2v) is 5.29.